The van der Waals surface area contributed by atoms with Crippen LogP contribution in [0.5, 0.6) is 5.75 Å². The summed E-state index contributed by atoms with van der Waals surface area (Å²) < 4.78 is 95.1. The van der Waals surface area contributed by atoms with Crippen molar-refractivity contribution in [2.24, 2.45) is 0 Å². The van der Waals surface area contributed by atoms with Gasteiger partial charge in [-0.1, -0.05) is 6.07 Å². The van der Waals surface area contributed by atoms with Crippen molar-refractivity contribution in [3.63, 3.8) is 0 Å². The summed E-state index contributed by atoms with van der Waals surface area (Å²) in [6.45, 7) is 0. The molecule has 0 unspecified atom stereocenters. The van der Waals surface area contributed by atoms with Crippen LogP contribution in [-0.2, 0) is 16.0 Å². The van der Waals surface area contributed by atoms with Crippen LogP contribution in [0.4, 0.5) is 26.3 Å². The van der Waals surface area contributed by atoms with Gasteiger partial charge in [0, 0.05) is 0 Å². The zero-order valence-electron chi connectivity index (χ0n) is 8.17. The van der Waals surface area contributed by atoms with Gasteiger partial charge in [0.25, 0.3) is 9.84 Å². The molecule has 0 saturated heterocycles. The maximum atomic E-state index is 12.3. The predicted molar refractivity (Wildman–Crippen MR) is 46.3 cm³/mol. The normalized spacial score (nSPS) is 13.7. The molecule has 0 aromatic heterocycles. The van der Waals surface area contributed by atoms with Crippen molar-refractivity contribution in [1.29, 1.82) is 0 Å². The highest BCUT2D eigenvalue weighted by atomic mass is 32.2. The van der Waals surface area contributed by atoms with Crippen molar-refractivity contribution < 1.29 is 39.9 Å². The van der Waals surface area contributed by atoms with Gasteiger partial charge < -0.3 is 5.11 Å². The van der Waals surface area contributed by atoms with E-state index in [1.54, 1.807) is 0 Å². The van der Waals surface area contributed by atoms with Crippen molar-refractivity contribution in [2.75, 3.05) is 0 Å². The monoisotopic (exact) mass is 294 g/mol. The molecule has 1 aromatic carbocycles. The minimum atomic E-state index is -6.04. The maximum Gasteiger partial charge on any atom is 0.502 e. The molecular formula is C8H4F6O3S. The van der Waals surface area contributed by atoms with Gasteiger partial charge in [0.05, 0.1) is 5.56 Å². The Morgan fingerprint density at radius 3 is 1.89 bits per heavy atom. The number of phenolic OH excluding ortho intramolecular Hbond substituents is 1. The summed E-state index contributed by atoms with van der Waals surface area (Å²) in [5, 5.41) is 9.02. The Balaban J connectivity index is 3.57. The summed E-state index contributed by atoms with van der Waals surface area (Å²) in [6, 6.07) is 0.972. The van der Waals surface area contributed by atoms with Crippen molar-refractivity contribution in [3.05, 3.63) is 23.8 Å². The summed E-state index contributed by atoms with van der Waals surface area (Å²) in [4.78, 5) is -1.83. The van der Waals surface area contributed by atoms with E-state index in [-0.39, 0.29) is 12.1 Å². The minimum absolute atomic E-state index is 0.243. The van der Waals surface area contributed by atoms with Gasteiger partial charge in [0.15, 0.2) is 0 Å². The van der Waals surface area contributed by atoms with E-state index in [2.05, 4.69) is 0 Å². The van der Waals surface area contributed by atoms with Gasteiger partial charge in [-0.05, 0) is 12.1 Å². The number of benzene rings is 1. The second-order valence-corrected chi connectivity index (χ2v) is 5.01. The lowest BCUT2D eigenvalue weighted by atomic mass is 10.2. The number of halogens is 6. The Hall–Kier alpha value is -1.45. The predicted octanol–water partition coefficient (Wildman–Crippen LogP) is 2.70. The van der Waals surface area contributed by atoms with Crippen LogP contribution in [0.3, 0.4) is 0 Å². The van der Waals surface area contributed by atoms with E-state index >= 15 is 0 Å². The van der Waals surface area contributed by atoms with Crippen molar-refractivity contribution >= 4 is 9.84 Å². The van der Waals surface area contributed by atoms with Crippen molar-refractivity contribution in [3.8, 4) is 5.75 Å². The third kappa shape index (κ3) is 2.37. The van der Waals surface area contributed by atoms with Gasteiger partial charge >= 0.3 is 11.7 Å². The van der Waals surface area contributed by atoms with E-state index in [1.807, 2.05) is 0 Å². The van der Waals surface area contributed by atoms with Gasteiger partial charge in [-0.25, -0.2) is 8.42 Å². The second-order valence-electron chi connectivity index (χ2n) is 3.10. The lowest BCUT2D eigenvalue weighted by Gasteiger charge is -2.13. The second kappa shape index (κ2) is 4.04. The Bertz CT molecular complexity index is 557. The molecule has 1 aromatic rings. The van der Waals surface area contributed by atoms with Gasteiger partial charge in [-0.2, -0.15) is 26.3 Å². The van der Waals surface area contributed by atoms with Crippen LogP contribution >= 0.6 is 0 Å². The molecule has 0 fully saturated rings. The molecule has 0 aliphatic carbocycles. The quantitative estimate of drug-likeness (QED) is 0.810. The Morgan fingerprint density at radius 1 is 1.00 bits per heavy atom. The third-order valence-electron chi connectivity index (χ3n) is 1.90. The summed E-state index contributed by atoms with van der Waals surface area (Å²) in [5.41, 5.74) is -7.65. The SMILES string of the molecule is O=S(=O)(c1cccc(C(F)(F)F)c1O)C(F)(F)F. The molecule has 1 rings (SSSR count). The fourth-order valence-corrected chi connectivity index (χ4v) is 1.96. The highest BCUT2D eigenvalue weighted by Gasteiger charge is 2.49. The van der Waals surface area contributed by atoms with Crippen LogP contribution in [0, 0.1) is 0 Å². The molecule has 0 atom stereocenters. The molecule has 3 nitrogen and oxygen atoms in total. The minimum Gasteiger partial charge on any atom is -0.506 e. The zero-order chi connectivity index (χ0) is 14.4. The van der Waals surface area contributed by atoms with Crippen LogP contribution in [0.25, 0.3) is 0 Å². The standard InChI is InChI=1S/C8H4F6O3S/c9-7(10,11)4-2-1-3-5(6(4)15)18(16,17)8(12,13)14/h1-3,15H. The molecule has 0 heterocycles. The molecule has 0 bridgehead atoms. The van der Waals surface area contributed by atoms with Gasteiger partial charge in [0.1, 0.15) is 10.6 Å². The van der Waals surface area contributed by atoms with Crippen LogP contribution in [0.15, 0.2) is 23.1 Å². The molecule has 10 heteroatoms. The molecule has 102 valence electrons. The van der Waals surface area contributed by atoms with Gasteiger partial charge in [-0.3, -0.25) is 0 Å². The van der Waals surface area contributed by atoms with Gasteiger partial charge in [-0.15, -0.1) is 0 Å². The smallest absolute Gasteiger partial charge is 0.502 e. The highest BCUT2D eigenvalue weighted by Crippen LogP contribution is 2.42. The maximum absolute atomic E-state index is 12.3. The summed E-state index contributed by atoms with van der Waals surface area (Å²) >= 11 is 0. The molecule has 0 aliphatic rings. The van der Waals surface area contributed by atoms with Crippen LogP contribution in [0.2, 0.25) is 0 Å². The fraction of sp³-hybridized carbons (Fsp3) is 0.250. The first-order chi connectivity index (χ1) is 7.89. The lowest BCUT2D eigenvalue weighted by molar-refractivity contribution is -0.139. The van der Waals surface area contributed by atoms with E-state index in [0.29, 0.717) is 6.07 Å². The lowest BCUT2D eigenvalue weighted by Crippen LogP contribution is -2.24. The van der Waals surface area contributed by atoms with E-state index in [4.69, 9.17) is 5.11 Å². The first-order valence-electron chi connectivity index (χ1n) is 4.09. The molecule has 0 saturated carbocycles. The molecular weight excluding hydrogens is 290 g/mol. The molecule has 18 heavy (non-hydrogen) atoms. The number of hydrogen-bond donors (Lipinski definition) is 1. The summed E-state index contributed by atoms with van der Waals surface area (Å²) in [5.74, 6) is -1.97. The average molecular weight is 294 g/mol. The molecule has 0 amide bonds. The van der Waals surface area contributed by atoms with E-state index in [9.17, 15) is 34.8 Å². The van der Waals surface area contributed by atoms with Gasteiger partial charge in [0.2, 0.25) is 0 Å². The van der Waals surface area contributed by atoms with E-state index < -0.39 is 37.7 Å². The van der Waals surface area contributed by atoms with E-state index in [0.717, 1.165) is 0 Å². The number of rotatable bonds is 1. The molecule has 0 aliphatic heterocycles. The van der Waals surface area contributed by atoms with E-state index in [1.165, 1.54) is 0 Å². The topological polar surface area (TPSA) is 54.4 Å². The Kier molecular flexibility index (Phi) is 3.28. The number of hydrogen-bond acceptors (Lipinski definition) is 3. The van der Waals surface area contributed by atoms with Crippen LogP contribution in [0.1, 0.15) is 5.56 Å². The first kappa shape index (κ1) is 14.6. The first-order valence-corrected chi connectivity index (χ1v) is 5.58. The van der Waals surface area contributed by atoms with Crippen molar-refractivity contribution in [1.82, 2.24) is 0 Å². The Morgan fingerprint density at radius 2 is 1.50 bits per heavy atom. The molecule has 1 N–H and O–H groups in total. The van der Waals surface area contributed by atoms with Crippen molar-refractivity contribution in [2.45, 2.75) is 16.6 Å². The van der Waals surface area contributed by atoms with Crippen LogP contribution < -0.4 is 0 Å². The number of para-hydroxylation sites is 1. The number of alkyl halides is 6. The summed E-state index contributed by atoms with van der Waals surface area (Å²) in [7, 11) is -6.04. The average Bonchev–Trinajstić information content (AvgIpc) is 2.13. The Labute approximate surface area is 96.6 Å². The number of phenols is 1. The van der Waals surface area contributed by atoms with Crippen LogP contribution in [-0.4, -0.2) is 19.0 Å². The zero-order valence-corrected chi connectivity index (χ0v) is 8.99. The number of aromatic hydroxyl groups is 1. The largest absolute Gasteiger partial charge is 0.506 e. The highest BCUT2D eigenvalue weighted by molar-refractivity contribution is 7.92. The summed E-state index contributed by atoms with van der Waals surface area (Å²) in [6.07, 6.45) is -5.17. The molecule has 0 spiro atoms. The number of sulfone groups is 1. The fourth-order valence-electron chi connectivity index (χ4n) is 1.09. The molecule has 0 radical (unpaired) electrons. The third-order valence-corrected chi connectivity index (χ3v) is 3.42.